The van der Waals surface area contributed by atoms with Gasteiger partial charge in [-0.05, 0) is 18.6 Å². The van der Waals surface area contributed by atoms with E-state index in [1.165, 1.54) is 51.4 Å². The lowest BCUT2D eigenvalue weighted by molar-refractivity contribution is 0.000526. The summed E-state index contributed by atoms with van der Waals surface area (Å²) in [6.07, 6.45) is 13.6. The van der Waals surface area contributed by atoms with Crippen LogP contribution in [-0.2, 0) is 18.9 Å². The summed E-state index contributed by atoms with van der Waals surface area (Å²) in [5.74, 6) is 1.03. The minimum absolute atomic E-state index is 0.577. The Hall–Kier alpha value is -0.0700. The Kier molecular flexibility index (Phi) is 23.9. The number of thiol groups is 1. The summed E-state index contributed by atoms with van der Waals surface area (Å²) in [5.41, 5.74) is 0. The third kappa shape index (κ3) is 23.9. The molecule has 0 radical (unpaired) electrons. The summed E-state index contributed by atoms with van der Waals surface area (Å²) in [4.78, 5) is 0. The summed E-state index contributed by atoms with van der Waals surface area (Å²) in [6, 6.07) is 0. The predicted octanol–water partition coefficient (Wildman–Crippen LogP) is 4.68. The molecule has 0 bridgehead atoms. The quantitative estimate of drug-likeness (QED) is 0.169. The van der Waals surface area contributed by atoms with Crippen LogP contribution in [0.25, 0.3) is 0 Å². The van der Waals surface area contributed by atoms with E-state index in [0.29, 0.717) is 46.2 Å². The Morgan fingerprint density at radius 1 is 0.520 bits per heavy atom. The minimum Gasteiger partial charge on any atom is -0.379 e. The van der Waals surface area contributed by atoms with Crippen LogP contribution in [0.2, 0.25) is 0 Å². The van der Waals surface area contributed by atoms with Crippen molar-refractivity contribution in [2.45, 2.75) is 57.8 Å². The number of rotatable bonds is 22. The van der Waals surface area contributed by atoms with Crippen LogP contribution in [0.5, 0.6) is 0 Å². The fraction of sp³-hybridized carbons (Fsp3) is 0.900. The molecule has 0 unspecified atom stereocenters. The van der Waals surface area contributed by atoms with E-state index in [2.05, 4.69) is 19.2 Å². The molecule has 0 aliphatic rings. The average Bonchev–Trinajstić information content (AvgIpc) is 2.63. The first-order valence-corrected chi connectivity index (χ1v) is 10.6. The first kappa shape index (κ1) is 24.9. The van der Waals surface area contributed by atoms with E-state index in [1.54, 1.807) is 6.08 Å². The zero-order chi connectivity index (χ0) is 18.3. The van der Waals surface area contributed by atoms with Gasteiger partial charge in [0.1, 0.15) is 0 Å². The molecule has 0 rings (SSSR count). The van der Waals surface area contributed by atoms with Gasteiger partial charge >= 0.3 is 0 Å². The van der Waals surface area contributed by atoms with E-state index < -0.39 is 0 Å². The standard InChI is InChI=1S/C20H40O4S/c1-2-12-21-14-16-23-18-19-24-17-15-22-13-10-8-6-4-3-5-7-9-11-20-25/h2,25H,1,3-20H2. The molecule has 0 N–H and O–H groups in total. The molecule has 0 aliphatic heterocycles. The smallest absolute Gasteiger partial charge is 0.0704 e. The SMILES string of the molecule is C=CCOCCOCCOCCOCCCCCCCCCCCS. The van der Waals surface area contributed by atoms with Crippen LogP contribution >= 0.6 is 12.6 Å². The lowest BCUT2D eigenvalue weighted by atomic mass is 10.1. The molecule has 25 heavy (non-hydrogen) atoms. The monoisotopic (exact) mass is 376 g/mol. The van der Waals surface area contributed by atoms with Gasteiger partial charge in [-0.1, -0.05) is 51.0 Å². The Labute approximate surface area is 161 Å². The molecule has 0 aliphatic carbocycles. The molecule has 0 aromatic heterocycles. The summed E-state index contributed by atoms with van der Waals surface area (Å²) in [5, 5.41) is 0. The van der Waals surface area contributed by atoms with E-state index in [0.717, 1.165) is 18.8 Å². The summed E-state index contributed by atoms with van der Waals surface area (Å²) >= 11 is 4.23. The van der Waals surface area contributed by atoms with Gasteiger partial charge in [0.05, 0.1) is 46.2 Å². The van der Waals surface area contributed by atoms with Crippen molar-refractivity contribution >= 4 is 12.6 Å². The van der Waals surface area contributed by atoms with E-state index in [-0.39, 0.29) is 0 Å². The second kappa shape index (κ2) is 23.9. The van der Waals surface area contributed by atoms with Crippen LogP contribution in [0, 0.1) is 0 Å². The summed E-state index contributed by atoms with van der Waals surface area (Å²) < 4.78 is 21.6. The fourth-order valence-corrected chi connectivity index (χ4v) is 2.60. The molecule has 0 heterocycles. The van der Waals surface area contributed by atoms with Gasteiger partial charge in [0.2, 0.25) is 0 Å². The van der Waals surface area contributed by atoms with Gasteiger partial charge in [0.25, 0.3) is 0 Å². The van der Waals surface area contributed by atoms with E-state index >= 15 is 0 Å². The Morgan fingerprint density at radius 3 is 1.40 bits per heavy atom. The zero-order valence-electron chi connectivity index (χ0n) is 16.1. The van der Waals surface area contributed by atoms with Crippen molar-refractivity contribution in [1.29, 1.82) is 0 Å². The highest BCUT2D eigenvalue weighted by atomic mass is 32.1. The lowest BCUT2D eigenvalue weighted by Crippen LogP contribution is -2.12. The molecule has 4 nitrogen and oxygen atoms in total. The van der Waals surface area contributed by atoms with Crippen LogP contribution in [0.1, 0.15) is 57.8 Å². The molecule has 0 spiro atoms. The Balaban J connectivity index is 2.95. The van der Waals surface area contributed by atoms with Gasteiger partial charge in [0.15, 0.2) is 0 Å². The molecule has 0 aromatic rings. The normalized spacial score (nSPS) is 11.1. The molecule has 0 fully saturated rings. The molecule has 0 saturated heterocycles. The van der Waals surface area contributed by atoms with Crippen LogP contribution in [0.3, 0.4) is 0 Å². The lowest BCUT2D eigenvalue weighted by Gasteiger charge is -2.07. The number of hydrogen-bond donors (Lipinski definition) is 1. The van der Waals surface area contributed by atoms with Crippen molar-refractivity contribution < 1.29 is 18.9 Å². The van der Waals surface area contributed by atoms with E-state index in [1.807, 2.05) is 0 Å². The summed E-state index contributed by atoms with van der Waals surface area (Å²) in [7, 11) is 0. The highest BCUT2D eigenvalue weighted by Crippen LogP contribution is 2.09. The molecular formula is C20H40O4S. The first-order chi connectivity index (χ1) is 12.4. The van der Waals surface area contributed by atoms with Crippen molar-refractivity contribution in [3.8, 4) is 0 Å². The fourth-order valence-electron chi connectivity index (χ4n) is 2.38. The van der Waals surface area contributed by atoms with Gasteiger partial charge in [-0.3, -0.25) is 0 Å². The Morgan fingerprint density at radius 2 is 0.920 bits per heavy atom. The van der Waals surface area contributed by atoms with Crippen molar-refractivity contribution in [2.75, 3.05) is 58.6 Å². The summed E-state index contributed by atoms with van der Waals surface area (Å²) in [6.45, 7) is 8.74. The van der Waals surface area contributed by atoms with Gasteiger partial charge in [-0.25, -0.2) is 0 Å². The maximum atomic E-state index is 5.58. The highest BCUT2D eigenvalue weighted by molar-refractivity contribution is 7.80. The zero-order valence-corrected chi connectivity index (χ0v) is 17.0. The largest absolute Gasteiger partial charge is 0.379 e. The molecular weight excluding hydrogens is 336 g/mol. The molecule has 0 amide bonds. The maximum absolute atomic E-state index is 5.58. The van der Waals surface area contributed by atoms with Gasteiger partial charge < -0.3 is 18.9 Å². The van der Waals surface area contributed by atoms with Gasteiger partial charge in [0, 0.05) is 6.61 Å². The molecule has 150 valence electrons. The van der Waals surface area contributed by atoms with Crippen molar-refractivity contribution in [3.05, 3.63) is 12.7 Å². The van der Waals surface area contributed by atoms with Crippen molar-refractivity contribution in [3.63, 3.8) is 0 Å². The predicted molar refractivity (Wildman–Crippen MR) is 109 cm³/mol. The molecule has 5 heteroatoms. The minimum atomic E-state index is 0.577. The Bertz CT molecular complexity index is 252. The first-order valence-electron chi connectivity index (χ1n) is 9.94. The van der Waals surface area contributed by atoms with Gasteiger partial charge in [-0.2, -0.15) is 12.6 Å². The number of ether oxygens (including phenoxy) is 4. The van der Waals surface area contributed by atoms with Crippen LogP contribution in [-0.4, -0.2) is 58.6 Å². The van der Waals surface area contributed by atoms with Crippen LogP contribution in [0.4, 0.5) is 0 Å². The number of unbranched alkanes of at least 4 members (excludes halogenated alkanes) is 8. The van der Waals surface area contributed by atoms with Crippen molar-refractivity contribution in [1.82, 2.24) is 0 Å². The topological polar surface area (TPSA) is 36.9 Å². The second-order valence-electron chi connectivity index (χ2n) is 6.11. The third-order valence-electron chi connectivity index (χ3n) is 3.80. The third-order valence-corrected chi connectivity index (χ3v) is 4.11. The highest BCUT2D eigenvalue weighted by Gasteiger charge is 1.94. The molecule has 0 aromatic carbocycles. The second-order valence-corrected chi connectivity index (χ2v) is 6.55. The van der Waals surface area contributed by atoms with E-state index in [4.69, 9.17) is 18.9 Å². The van der Waals surface area contributed by atoms with Gasteiger partial charge in [-0.15, -0.1) is 6.58 Å². The molecule has 0 saturated carbocycles. The number of hydrogen-bond acceptors (Lipinski definition) is 5. The average molecular weight is 377 g/mol. The maximum Gasteiger partial charge on any atom is 0.0704 e. The molecule has 0 atom stereocenters. The van der Waals surface area contributed by atoms with Crippen LogP contribution in [0.15, 0.2) is 12.7 Å². The van der Waals surface area contributed by atoms with E-state index in [9.17, 15) is 0 Å². The van der Waals surface area contributed by atoms with Crippen LogP contribution < -0.4 is 0 Å². The van der Waals surface area contributed by atoms with Crippen molar-refractivity contribution in [2.24, 2.45) is 0 Å².